The van der Waals surface area contributed by atoms with Gasteiger partial charge < -0.3 is 63.6 Å². The molecule has 14 fully saturated rings. The maximum absolute atomic E-state index is 12.5. The first-order valence-corrected chi connectivity index (χ1v) is 48.8. The van der Waals surface area contributed by atoms with Gasteiger partial charge in [0.05, 0.1) is 6.61 Å². The van der Waals surface area contributed by atoms with Crippen LogP contribution in [-0.4, -0.2) is 306 Å². The van der Waals surface area contributed by atoms with Crippen LogP contribution in [0.4, 0.5) is 4.79 Å². The molecule has 0 radical (unpaired) electrons. The van der Waals surface area contributed by atoms with Gasteiger partial charge in [-0.3, -0.25) is 33.6 Å². The molecule has 21 heteroatoms. The number of likely N-dealkylation sites (tertiary alicyclic amines) is 10. The van der Waals surface area contributed by atoms with Gasteiger partial charge in [0.15, 0.2) is 5.78 Å². The van der Waals surface area contributed by atoms with Crippen LogP contribution in [0.1, 0.15) is 258 Å². The van der Waals surface area contributed by atoms with Crippen LogP contribution in [0.25, 0.3) is 0 Å². The zero-order valence-electron chi connectivity index (χ0n) is 78.2. The molecule has 0 spiro atoms. The van der Waals surface area contributed by atoms with E-state index in [1.807, 2.05) is 21.9 Å². The van der Waals surface area contributed by atoms with Gasteiger partial charge in [-0.05, 0) is 433 Å². The number of hydrogen-bond acceptors (Lipinski definition) is 17. The summed E-state index contributed by atoms with van der Waals surface area (Å²) in [5.74, 6) is 10.6. The van der Waals surface area contributed by atoms with Crippen LogP contribution in [0.3, 0.4) is 0 Å². The molecule has 0 aromatic carbocycles. The lowest BCUT2D eigenvalue weighted by atomic mass is 9.69. The van der Waals surface area contributed by atoms with Gasteiger partial charge in [0, 0.05) is 106 Å². The lowest BCUT2D eigenvalue weighted by Gasteiger charge is -2.40. The number of allylic oxidation sites excluding steroid dienone is 4. The second-order valence-electron chi connectivity index (χ2n) is 40.4. The van der Waals surface area contributed by atoms with E-state index in [0.717, 1.165) is 180 Å². The van der Waals surface area contributed by atoms with Crippen molar-refractivity contribution in [3.8, 4) is 0 Å². The Bertz CT molecular complexity index is 3330. The molecule has 0 bridgehead atoms. The van der Waals surface area contributed by atoms with Gasteiger partial charge in [0.25, 0.3) is 0 Å². The SMILES string of the molecule is CC(C)N1CCCC(C2CCN(C)CC2)C1=O.CC1=CCC(=O)C(C2CCN(C)CC2)=C1.CC1CCC(=O)C(C2CCN(C)CC2)C1.CC1CCCC(=O)C1C1CCN(C)CC1.CCN1CCCC(C2CCN(C)CC2)C1=O.CN1CCC(C2CCCCC2=O)CC1.CN1CCC(N2CCCOC2=O)CC1.CN1CCC(c2cc[nH]c(=O)c2)CC1. The number of cyclic esters (lactones) is 1. The van der Waals surface area contributed by atoms with E-state index in [2.05, 4.69) is 153 Å². The predicted molar refractivity (Wildman–Crippen MR) is 487 cm³/mol. The minimum Gasteiger partial charge on any atom is -0.449 e. The summed E-state index contributed by atoms with van der Waals surface area (Å²) >= 11 is 0. The molecule has 11 saturated heterocycles. The molecule has 16 rings (SSSR count). The number of ether oxygens (including phenoxy) is 1. The van der Waals surface area contributed by atoms with Crippen LogP contribution >= 0.6 is 0 Å². The lowest BCUT2D eigenvalue weighted by Crippen LogP contribution is -2.49. The van der Waals surface area contributed by atoms with Gasteiger partial charge in [-0.2, -0.15) is 0 Å². The summed E-state index contributed by atoms with van der Waals surface area (Å²) in [4.78, 5) is 122. The largest absolute Gasteiger partial charge is 0.449 e. The normalized spacial score (nSPS) is 29.3. The number of nitrogens with one attached hydrogen (secondary N) is 1. The molecule has 680 valence electrons. The van der Waals surface area contributed by atoms with E-state index in [-0.39, 0.29) is 11.7 Å². The average molecular weight is 1670 g/mol. The van der Waals surface area contributed by atoms with E-state index in [1.165, 1.54) is 173 Å². The second kappa shape index (κ2) is 51.0. The number of amides is 3. The van der Waals surface area contributed by atoms with Crippen LogP contribution in [0.5, 0.6) is 0 Å². The van der Waals surface area contributed by atoms with Gasteiger partial charge in [-0.15, -0.1) is 0 Å². The van der Waals surface area contributed by atoms with E-state index in [4.69, 9.17) is 4.74 Å². The van der Waals surface area contributed by atoms with Crippen LogP contribution in [0.2, 0.25) is 0 Å². The van der Waals surface area contributed by atoms with Crippen molar-refractivity contribution in [1.82, 2.24) is 58.9 Å². The Balaban J connectivity index is 0.000000156. The molecule has 120 heavy (non-hydrogen) atoms. The van der Waals surface area contributed by atoms with Crippen molar-refractivity contribution in [2.24, 2.45) is 76.9 Å². The molecule has 1 aromatic heterocycles. The average Bonchev–Trinajstić information content (AvgIpc) is 0.876. The highest BCUT2D eigenvalue weighted by Gasteiger charge is 2.41. The third-order valence-electron chi connectivity index (χ3n) is 30.9. The number of carbonyl (C=O) groups is 7. The van der Waals surface area contributed by atoms with E-state index in [1.54, 1.807) is 12.3 Å². The summed E-state index contributed by atoms with van der Waals surface area (Å²) in [6.45, 7) is 35.8. The summed E-state index contributed by atoms with van der Waals surface area (Å²) in [7, 11) is 17.3. The first-order chi connectivity index (χ1) is 57.6. The molecule has 7 atom stereocenters. The Hall–Kier alpha value is -5.00. The van der Waals surface area contributed by atoms with Crippen molar-refractivity contribution in [1.29, 1.82) is 0 Å². The van der Waals surface area contributed by atoms with Crippen LogP contribution < -0.4 is 5.56 Å². The third kappa shape index (κ3) is 31.2. The smallest absolute Gasteiger partial charge is 0.410 e. The number of Topliss-reactive ketones (excluding diaryl/α,β-unsaturated/α-hetero) is 4. The first-order valence-electron chi connectivity index (χ1n) is 48.8. The Kier molecular flexibility index (Phi) is 42.0. The molecular formula is C99H170N12O9. The molecule has 3 saturated carbocycles. The number of hydrogen-bond donors (Lipinski definition) is 1. The molecule has 7 unspecified atom stereocenters. The minimum atomic E-state index is -0.106. The summed E-state index contributed by atoms with van der Waals surface area (Å²) in [6, 6.07) is 4.54. The van der Waals surface area contributed by atoms with Crippen molar-refractivity contribution >= 4 is 41.0 Å². The van der Waals surface area contributed by atoms with Crippen molar-refractivity contribution in [2.75, 3.05) is 194 Å². The van der Waals surface area contributed by atoms with Gasteiger partial charge in [0.2, 0.25) is 17.4 Å². The number of rotatable bonds is 10. The number of aromatic amines is 1. The van der Waals surface area contributed by atoms with Crippen LogP contribution in [0, 0.1) is 76.9 Å². The molecule has 1 aromatic rings. The maximum Gasteiger partial charge on any atom is 0.410 e. The quantitative estimate of drug-likeness (QED) is 0.232. The number of nitrogens with zero attached hydrogens (tertiary/aromatic N) is 11. The number of piperidine rings is 10. The molecular weight excluding hydrogens is 1500 g/mol. The van der Waals surface area contributed by atoms with Gasteiger partial charge in [-0.25, -0.2) is 4.79 Å². The van der Waals surface area contributed by atoms with Crippen LogP contribution in [0.15, 0.2) is 46.4 Å². The summed E-state index contributed by atoms with van der Waals surface area (Å²) < 4.78 is 5.04. The first kappa shape index (κ1) is 98.8. The fourth-order valence-corrected chi connectivity index (χ4v) is 22.6. The summed E-state index contributed by atoms with van der Waals surface area (Å²) in [5.41, 5.74) is 3.55. The highest BCUT2D eigenvalue weighted by Crippen LogP contribution is 2.41. The molecule has 15 aliphatic rings. The van der Waals surface area contributed by atoms with Crippen molar-refractivity contribution < 1.29 is 38.3 Å². The van der Waals surface area contributed by atoms with E-state index >= 15 is 0 Å². The zero-order chi connectivity index (χ0) is 86.4. The van der Waals surface area contributed by atoms with E-state index in [0.29, 0.717) is 137 Å². The van der Waals surface area contributed by atoms with E-state index < -0.39 is 0 Å². The number of carbonyl (C=O) groups excluding carboxylic acids is 7. The molecule has 11 aliphatic heterocycles. The Morgan fingerprint density at radius 3 is 1.38 bits per heavy atom. The fourth-order valence-electron chi connectivity index (χ4n) is 22.6. The maximum atomic E-state index is 12.5. The monoisotopic (exact) mass is 1670 g/mol. The van der Waals surface area contributed by atoms with Crippen LogP contribution in [-0.2, 0) is 33.5 Å². The predicted octanol–water partition coefficient (Wildman–Crippen LogP) is 14.6. The standard InChI is InChI=1S/C14H26N2O.C13H24N2O.C13H23NO.C13H19NO.C13H23NO.C12H21NO.C11H16N2O.C10H18N2O2/c1-11(2)16-8-4-5-13(14(16)17)12-6-9-15(3)10-7-12;1-3-15-8-4-5-12(13(15)16)11-6-9-14(2)10-7-11;2*1-10-3-4-13(15)12(9-10)11-5-7-14(2)8-6-11;1-10-4-3-5-12(15)13(10)11-6-8-14(2)9-7-11;1-13-8-6-10(7-9-13)11-4-2-3-5-12(11)14;1-13-6-3-9(4-7-13)10-2-5-12-11(14)8-10;1-11-6-3-9(4-7-11)12-5-2-8-14-10(12)13/h11-13H,4-10H2,1-3H3;11-12H,3-10H2,1-2H3;10-12H,3-9H2,1-2H3;3,9,11H,4-8H2,1-2H3;10-11,13H,3-9H2,1-2H3;10-11H,2-9H2,1H3;2,5,8-9H,3-4,6-7H2,1H3,(H,12,14);9H,2-8H2,1H3. The highest BCUT2D eigenvalue weighted by atomic mass is 16.6. The Morgan fingerprint density at radius 1 is 0.433 bits per heavy atom. The molecule has 12 heterocycles. The van der Waals surface area contributed by atoms with Gasteiger partial charge in [0.1, 0.15) is 17.3 Å². The second-order valence-corrected chi connectivity index (χ2v) is 40.4. The molecule has 3 amide bonds. The number of aromatic nitrogens is 1. The molecule has 1 N–H and O–H groups in total. The Morgan fingerprint density at radius 2 is 0.883 bits per heavy atom. The third-order valence-corrected chi connectivity index (χ3v) is 30.9. The zero-order valence-corrected chi connectivity index (χ0v) is 78.2. The number of pyridine rings is 1. The van der Waals surface area contributed by atoms with E-state index in [9.17, 15) is 38.4 Å². The number of H-pyrrole nitrogens is 1. The fraction of sp³-hybridized carbons (Fsp3) is 0.838. The van der Waals surface area contributed by atoms with Crippen molar-refractivity contribution in [3.05, 3.63) is 57.5 Å². The molecule has 4 aliphatic carbocycles. The summed E-state index contributed by atoms with van der Waals surface area (Å²) in [5, 5.41) is 0. The topological polar surface area (TPSA) is 197 Å². The van der Waals surface area contributed by atoms with Crippen molar-refractivity contribution in [2.45, 2.75) is 265 Å². The minimum absolute atomic E-state index is 0.0152. The van der Waals surface area contributed by atoms with Gasteiger partial charge >= 0.3 is 6.09 Å². The Labute approximate surface area is 727 Å². The molecule has 21 nitrogen and oxygen atoms in total. The van der Waals surface area contributed by atoms with Crippen molar-refractivity contribution in [3.63, 3.8) is 0 Å². The number of ketones is 4. The summed E-state index contributed by atoms with van der Waals surface area (Å²) in [6.07, 6.45) is 41.9. The highest BCUT2D eigenvalue weighted by molar-refractivity contribution is 5.98. The lowest BCUT2D eigenvalue weighted by molar-refractivity contribution is -0.143. The van der Waals surface area contributed by atoms with Gasteiger partial charge in [-0.1, -0.05) is 38.0 Å².